The predicted octanol–water partition coefficient (Wildman–Crippen LogP) is 3.68. The van der Waals surface area contributed by atoms with Crippen LogP contribution in [0.1, 0.15) is 49.9 Å². The van der Waals surface area contributed by atoms with Crippen molar-refractivity contribution < 1.29 is 0 Å². The van der Waals surface area contributed by atoms with Gasteiger partial charge in [0, 0.05) is 11.4 Å². The van der Waals surface area contributed by atoms with Gasteiger partial charge in [-0.2, -0.15) is 5.26 Å². The Morgan fingerprint density at radius 1 is 1.06 bits per heavy atom. The standard InChI is InChI=1S/C14H20N2/c1-12-7-8-13(2)16(12)14(11-15)9-5-3-4-6-10-14/h7-8H,3-6,9-10H2,1-2H3. The zero-order valence-electron chi connectivity index (χ0n) is 10.3. The Labute approximate surface area is 97.9 Å². The summed E-state index contributed by atoms with van der Waals surface area (Å²) >= 11 is 0. The van der Waals surface area contributed by atoms with E-state index in [4.69, 9.17) is 0 Å². The van der Waals surface area contributed by atoms with E-state index in [1.54, 1.807) is 0 Å². The SMILES string of the molecule is Cc1ccc(C)n1C1(C#N)CCCCCC1. The number of hydrogen-bond donors (Lipinski definition) is 0. The molecule has 1 aliphatic carbocycles. The molecule has 0 atom stereocenters. The first-order valence-electron chi connectivity index (χ1n) is 6.26. The molecule has 0 spiro atoms. The maximum absolute atomic E-state index is 9.62. The maximum atomic E-state index is 9.62. The van der Waals surface area contributed by atoms with E-state index in [9.17, 15) is 5.26 Å². The summed E-state index contributed by atoms with van der Waals surface area (Å²) < 4.78 is 2.26. The van der Waals surface area contributed by atoms with Gasteiger partial charge in [-0.05, 0) is 38.8 Å². The van der Waals surface area contributed by atoms with Crippen molar-refractivity contribution >= 4 is 0 Å². The van der Waals surface area contributed by atoms with Gasteiger partial charge in [-0.25, -0.2) is 0 Å². The number of rotatable bonds is 1. The average molecular weight is 216 g/mol. The van der Waals surface area contributed by atoms with Crippen LogP contribution < -0.4 is 0 Å². The Bertz CT molecular complexity index is 381. The molecule has 1 aliphatic rings. The van der Waals surface area contributed by atoms with Crippen LogP contribution in [0.15, 0.2) is 12.1 Å². The van der Waals surface area contributed by atoms with Gasteiger partial charge in [0.15, 0.2) is 0 Å². The fraction of sp³-hybridized carbons (Fsp3) is 0.643. The molecule has 2 rings (SSSR count). The fourth-order valence-electron chi connectivity index (χ4n) is 3.04. The van der Waals surface area contributed by atoms with Crippen LogP contribution in [0.2, 0.25) is 0 Å². The van der Waals surface area contributed by atoms with E-state index in [0.717, 1.165) is 12.8 Å². The molecule has 16 heavy (non-hydrogen) atoms. The lowest BCUT2D eigenvalue weighted by molar-refractivity contribution is 0.324. The Morgan fingerprint density at radius 3 is 2.00 bits per heavy atom. The molecule has 86 valence electrons. The summed E-state index contributed by atoms with van der Waals surface area (Å²) in [6, 6.07) is 6.85. The summed E-state index contributed by atoms with van der Waals surface area (Å²) in [5.41, 5.74) is 2.18. The maximum Gasteiger partial charge on any atom is 0.131 e. The van der Waals surface area contributed by atoms with E-state index in [1.807, 2.05) is 0 Å². The van der Waals surface area contributed by atoms with E-state index >= 15 is 0 Å². The van der Waals surface area contributed by atoms with E-state index in [0.29, 0.717) is 0 Å². The summed E-state index contributed by atoms with van der Waals surface area (Å²) in [6.07, 6.45) is 6.96. The summed E-state index contributed by atoms with van der Waals surface area (Å²) in [6.45, 7) is 4.22. The molecular weight excluding hydrogens is 196 g/mol. The van der Waals surface area contributed by atoms with Gasteiger partial charge in [-0.3, -0.25) is 0 Å². The quantitative estimate of drug-likeness (QED) is 0.658. The summed E-state index contributed by atoms with van der Waals surface area (Å²) in [4.78, 5) is 0. The second-order valence-electron chi connectivity index (χ2n) is 5.01. The third-order valence-electron chi connectivity index (χ3n) is 3.84. The fourth-order valence-corrected chi connectivity index (χ4v) is 3.04. The highest BCUT2D eigenvalue weighted by Crippen LogP contribution is 2.35. The Morgan fingerprint density at radius 2 is 1.56 bits per heavy atom. The molecule has 1 saturated carbocycles. The van der Waals surface area contributed by atoms with Crippen LogP contribution in [0, 0.1) is 25.2 Å². The van der Waals surface area contributed by atoms with Crippen LogP contribution in [0.25, 0.3) is 0 Å². The van der Waals surface area contributed by atoms with E-state index in [1.165, 1.54) is 37.1 Å². The Kier molecular flexibility index (Phi) is 3.05. The summed E-state index contributed by atoms with van der Waals surface area (Å²) in [5.74, 6) is 0. The average Bonchev–Trinajstić information content (AvgIpc) is 2.54. The predicted molar refractivity (Wildman–Crippen MR) is 65.2 cm³/mol. The van der Waals surface area contributed by atoms with Gasteiger partial charge in [0.05, 0.1) is 6.07 Å². The zero-order chi connectivity index (χ0) is 11.6. The minimum absolute atomic E-state index is 0.270. The molecule has 0 unspecified atom stereocenters. The van der Waals surface area contributed by atoms with Crippen molar-refractivity contribution in [1.29, 1.82) is 5.26 Å². The first-order chi connectivity index (χ1) is 7.69. The largest absolute Gasteiger partial charge is 0.330 e. The lowest BCUT2D eigenvalue weighted by Gasteiger charge is -2.30. The molecule has 0 radical (unpaired) electrons. The molecule has 1 fully saturated rings. The molecule has 1 heterocycles. The van der Waals surface area contributed by atoms with E-state index in [2.05, 4.69) is 36.6 Å². The molecule has 0 saturated heterocycles. The highest BCUT2D eigenvalue weighted by Gasteiger charge is 2.34. The van der Waals surface area contributed by atoms with Crippen LogP contribution in [0.4, 0.5) is 0 Å². The van der Waals surface area contributed by atoms with Crippen LogP contribution in [0.3, 0.4) is 0 Å². The van der Waals surface area contributed by atoms with Gasteiger partial charge in [0.1, 0.15) is 5.54 Å². The molecule has 2 heteroatoms. The molecule has 2 nitrogen and oxygen atoms in total. The minimum atomic E-state index is -0.270. The lowest BCUT2D eigenvalue weighted by atomic mass is 9.91. The number of aryl methyl sites for hydroxylation is 2. The topological polar surface area (TPSA) is 28.7 Å². The third kappa shape index (κ3) is 1.75. The number of nitrogens with zero attached hydrogens (tertiary/aromatic N) is 2. The van der Waals surface area contributed by atoms with Gasteiger partial charge in [0.25, 0.3) is 0 Å². The Balaban J connectivity index is 2.44. The van der Waals surface area contributed by atoms with Gasteiger partial charge in [-0.1, -0.05) is 25.7 Å². The number of aromatic nitrogens is 1. The summed E-state index contributed by atoms with van der Waals surface area (Å²) in [5, 5.41) is 9.62. The Hall–Kier alpha value is -1.23. The van der Waals surface area contributed by atoms with Crippen LogP contribution >= 0.6 is 0 Å². The molecular formula is C14H20N2. The normalized spacial score (nSPS) is 20.1. The van der Waals surface area contributed by atoms with Gasteiger partial charge < -0.3 is 4.57 Å². The van der Waals surface area contributed by atoms with E-state index in [-0.39, 0.29) is 5.54 Å². The van der Waals surface area contributed by atoms with Gasteiger partial charge >= 0.3 is 0 Å². The molecule has 0 N–H and O–H groups in total. The van der Waals surface area contributed by atoms with Crippen molar-refractivity contribution in [3.05, 3.63) is 23.5 Å². The number of hydrogen-bond acceptors (Lipinski definition) is 1. The molecule has 1 aromatic rings. The van der Waals surface area contributed by atoms with Gasteiger partial charge in [-0.15, -0.1) is 0 Å². The zero-order valence-corrected chi connectivity index (χ0v) is 10.3. The molecule has 1 aromatic heterocycles. The van der Waals surface area contributed by atoms with Crippen molar-refractivity contribution in [2.45, 2.75) is 57.9 Å². The first-order valence-corrected chi connectivity index (χ1v) is 6.26. The van der Waals surface area contributed by atoms with Crippen molar-refractivity contribution in [1.82, 2.24) is 4.57 Å². The second-order valence-corrected chi connectivity index (χ2v) is 5.01. The lowest BCUT2D eigenvalue weighted by Crippen LogP contribution is -2.33. The van der Waals surface area contributed by atoms with Gasteiger partial charge in [0.2, 0.25) is 0 Å². The molecule has 0 amide bonds. The smallest absolute Gasteiger partial charge is 0.131 e. The van der Waals surface area contributed by atoms with Crippen molar-refractivity contribution in [3.63, 3.8) is 0 Å². The van der Waals surface area contributed by atoms with Crippen LogP contribution in [-0.4, -0.2) is 4.57 Å². The summed E-state index contributed by atoms with van der Waals surface area (Å²) in [7, 11) is 0. The molecule has 0 aliphatic heterocycles. The highest BCUT2D eigenvalue weighted by molar-refractivity contribution is 5.22. The molecule has 0 bridgehead atoms. The third-order valence-corrected chi connectivity index (χ3v) is 3.84. The molecule has 0 aromatic carbocycles. The second kappa shape index (κ2) is 4.33. The van der Waals surface area contributed by atoms with Crippen molar-refractivity contribution in [2.24, 2.45) is 0 Å². The van der Waals surface area contributed by atoms with Crippen LogP contribution in [0.5, 0.6) is 0 Å². The minimum Gasteiger partial charge on any atom is -0.330 e. The monoisotopic (exact) mass is 216 g/mol. The number of nitriles is 1. The first kappa shape index (κ1) is 11.3. The van der Waals surface area contributed by atoms with Crippen molar-refractivity contribution in [3.8, 4) is 6.07 Å². The van der Waals surface area contributed by atoms with Crippen LogP contribution in [-0.2, 0) is 5.54 Å². The van der Waals surface area contributed by atoms with E-state index < -0.39 is 0 Å². The van der Waals surface area contributed by atoms with Crippen molar-refractivity contribution in [2.75, 3.05) is 0 Å². The highest BCUT2D eigenvalue weighted by atomic mass is 15.1.